The highest BCUT2D eigenvalue weighted by atomic mass is 32.2. The maximum atomic E-state index is 12.2. The molecule has 0 aliphatic heterocycles. The van der Waals surface area contributed by atoms with Gasteiger partial charge in [-0.15, -0.1) is 0 Å². The van der Waals surface area contributed by atoms with Crippen LogP contribution in [0.15, 0.2) is 15.9 Å². The summed E-state index contributed by atoms with van der Waals surface area (Å²) in [6, 6.07) is 0. The van der Waals surface area contributed by atoms with E-state index in [1.54, 1.807) is 16.5 Å². The highest BCUT2D eigenvalue weighted by Gasteiger charge is 2.15. The number of fused-ring (bicyclic) bond motifs is 1. The summed E-state index contributed by atoms with van der Waals surface area (Å²) in [5.41, 5.74) is -0.186. The zero-order valence-electron chi connectivity index (χ0n) is 12.4. The Morgan fingerprint density at radius 3 is 2.57 bits per heavy atom. The van der Waals surface area contributed by atoms with E-state index in [1.165, 1.54) is 17.9 Å². The van der Waals surface area contributed by atoms with Gasteiger partial charge in [-0.2, -0.15) is 0 Å². The van der Waals surface area contributed by atoms with Crippen LogP contribution >= 0.6 is 11.8 Å². The molecule has 8 nitrogen and oxygen atoms in total. The first-order chi connectivity index (χ1) is 9.82. The van der Waals surface area contributed by atoms with Gasteiger partial charge in [0.05, 0.1) is 18.7 Å². The molecule has 0 bridgehead atoms. The lowest BCUT2D eigenvalue weighted by molar-refractivity contribution is -0.111. The number of carbonyl (C=O) groups is 1. The third-order valence-corrected chi connectivity index (χ3v) is 3.89. The Hall–Kier alpha value is -1.87. The minimum atomic E-state index is -0.422. The van der Waals surface area contributed by atoms with E-state index in [2.05, 4.69) is 4.98 Å². The summed E-state index contributed by atoms with van der Waals surface area (Å²) in [5, 5.41) is 0.00324. The van der Waals surface area contributed by atoms with Gasteiger partial charge >= 0.3 is 5.69 Å². The predicted octanol–water partition coefficient (Wildman–Crippen LogP) is -0.787. The summed E-state index contributed by atoms with van der Waals surface area (Å²) in [6.45, 7) is 0.327. The largest absolute Gasteiger partial charge is 0.332 e. The lowest BCUT2D eigenvalue weighted by Crippen LogP contribution is -2.37. The molecule has 0 unspecified atom stereocenters. The Morgan fingerprint density at radius 1 is 1.29 bits per heavy atom. The average molecular weight is 311 g/mol. The van der Waals surface area contributed by atoms with Crippen molar-refractivity contribution in [2.75, 3.05) is 20.6 Å². The molecule has 2 heterocycles. The normalized spacial score (nSPS) is 11.5. The first-order valence-corrected chi connectivity index (χ1v) is 7.22. The van der Waals surface area contributed by atoms with Crippen LogP contribution in [0.3, 0.4) is 0 Å². The molecule has 9 heteroatoms. The number of nitrogens with zero attached hydrogens (tertiary/aromatic N) is 5. The SMILES string of the molecule is CN(C)CC(=O)SCn1cnc2c1c(=O)n(C)c(=O)n2C. The summed E-state index contributed by atoms with van der Waals surface area (Å²) in [7, 11) is 6.62. The fourth-order valence-corrected chi connectivity index (χ4v) is 2.77. The van der Waals surface area contributed by atoms with Crippen LogP contribution in [-0.2, 0) is 24.8 Å². The van der Waals surface area contributed by atoms with Gasteiger partial charge in [0.2, 0.25) is 5.12 Å². The molecule has 21 heavy (non-hydrogen) atoms. The first kappa shape index (κ1) is 15.5. The van der Waals surface area contributed by atoms with E-state index in [0.717, 1.165) is 16.3 Å². The molecule has 0 atom stereocenters. The van der Waals surface area contributed by atoms with Gasteiger partial charge in [0.15, 0.2) is 11.2 Å². The minimum Gasteiger partial charge on any atom is -0.314 e. The predicted molar refractivity (Wildman–Crippen MR) is 81.4 cm³/mol. The number of carbonyl (C=O) groups excluding carboxylic acids is 1. The zero-order valence-corrected chi connectivity index (χ0v) is 13.2. The molecule has 0 N–H and O–H groups in total. The second-order valence-corrected chi connectivity index (χ2v) is 5.98. The van der Waals surface area contributed by atoms with Gasteiger partial charge < -0.3 is 9.47 Å². The molecule has 0 aliphatic carbocycles. The van der Waals surface area contributed by atoms with Crippen molar-refractivity contribution in [2.45, 2.75) is 5.88 Å². The smallest absolute Gasteiger partial charge is 0.314 e. The number of likely N-dealkylation sites (N-methyl/N-ethyl adjacent to an activating group) is 1. The third-order valence-electron chi connectivity index (χ3n) is 3.03. The Bertz CT molecular complexity index is 802. The van der Waals surface area contributed by atoms with Crippen molar-refractivity contribution in [1.82, 2.24) is 23.6 Å². The monoisotopic (exact) mass is 311 g/mol. The molecular formula is C12H17N5O3S. The maximum absolute atomic E-state index is 12.2. The number of hydrogen-bond acceptors (Lipinski definition) is 6. The van der Waals surface area contributed by atoms with Gasteiger partial charge in [-0.1, -0.05) is 11.8 Å². The van der Waals surface area contributed by atoms with E-state index in [0.29, 0.717) is 17.7 Å². The Balaban J connectivity index is 2.37. The van der Waals surface area contributed by atoms with Gasteiger partial charge in [0, 0.05) is 14.1 Å². The molecule has 0 radical (unpaired) electrons. The fourth-order valence-electron chi connectivity index (χ4n) is 1.94. The molecule has 114 valence electrons. The molecule has 0 aliphatic rings. The van der Waals surface area contributed by atoms with Crippen LogP contribution in [0.4, 0.5) is 0 Å². The third kappa shape index (κ3) is 2.93. The van der Waals surface area contributed by atoms with Crippen molar-refractivity contribution in [1.29, 1.82) is 0 Å². The quantitative estimate of drug-likeness (QED) is 0.736. The highest BCUT2D eigenvalue weighted by Crippen LogP contribution is 2.12. The van der Waals surface area contributed by atoms with E-state index in [1.807, 2.05) is 14.1 Å². The van der Waals surface area contributed by atoms with Crippen LogP contribution < -0.4 is 11.2 Å². The molecular weight excluding hydrogens is 294 g/mol. The zero-order chi connectivity index (χ0) is 15.7. The van der Waals surface area contributed by atoms with Gasteiger partial charge in [0.1, 0.15) is 0 Å². The Labute approximate surface area is 125 Å². The number of thioether (sulfide) groups is 1. The average Bonchev–Trinajstić information content (AvgIpc) is 2.83. The second-order valence-electron chi connectivity index (χ2n) is 4.98. The Morgan fingerprint density at radius 2 is 1.95 bits per heavy atom. The lowest BCUT2D eigenvalue weighted by Gasteiger charge is -2.08. The number of aromatic nitrogens is 4. The molecule has 0 amide bonds. The molecule has 0 aromatic carbocycles. The van der Waals surface area contributed by atoms with Crippen molar-refractivity contribution in [2.24, 2.45) is 14.1 Å². The van der Waals surface area contributed by atoms with Crippen LogP contribution in [0, 0.1) is 0 Å². The summed E-state index contributed by atoms with van der Waals surface area (Å²) in [4.78, 5) is 41.6. The van der Waals surface area contributed by atoms with Gasteiger partial charge in [-0.3, -0.25) is 18.7 Å². The summed E-state index contributed by atoms with van der Waals surface area (Å²) >= 11 is 1.11. The Kier molecular flexibility index (Phi) is 4.33. The second kappa shape index (κ2) is 5.86. The van der Waals surface area contributed by atoms with Crippen molar-refractivity contribution in [3.8, 4) is 0 Å². The van der Waals surface area contributed by atoms with Gasteiger partial charge in [0.25, 0.3) is 5.56 Å². The van der Waals surface area contributed by atoms with E-state index in [4.69, 9.17) is 0 Å². The van der Waals surface area contributed by atoms with Crippen molar-refractivity contribution >= 4 is 28.0 Å². The van der Waals surface area contributed by atoms with Crippen LogP contribution in [0.2, 0.25) is 0 Å². The topological polar surface area (TPSA) is 82.1 Å². The maximum Gasteiger partial charge on any atom is 0.332 e. The van der Waals surface area contributed by atoms with E-state index >= 15 is 0 Å². The highest BCUT2D eigenvalue weighted by molar-refractivity contribution is 8.12. The molecule has 2 rings (SSSR count). The van der Waals surface area contributed by atoms with Gasteiger partial charge in [-0.05, 0) is 14.1 Å². The molecule has 0 saturated carbocycles. The lowest BCUT2D eigenvalue weighted by atomic mass is 10.5. The van der Waals surface area contributed by atoms with Crippen LogP contribution in [-0.4, -0.2) is 49.3 Å². The number of hydrogen-bond donors (Lipinski definition) is 0. The van der Waals surface area contributed by atoms with Crippen molar-refractivity contribution in [3.63, 3.8) is 0 Å². The minimum absolute atomic E-state index is 0.00324. The fraction of sp³-hybridized carbons (Fsp3) is 0.500. The molecule has 0 fully saturated rings. The van der Waals surface area contributed by atoms with Crippen molar-refractivity contribution < 1.29 is 4.79 Å². The summed E-state index contributed by atoms with van der Waals surface area (Å²) in [6.07, 6.45) is 1.47. The van der Waals surface area contributed by atoms with Crippen LogP contribution in [0.1, 0.15) is 0 Å². The van der Waals surface area contributed by atoms with E-state index in [9.17, 15) is 14.4 Å². The molecule has 0 spiro atoms. The van der Waals surface area contributed by atoms with E-state index in [-0.39, 0.29) is 11.0 Å². The van der Waals surface area contributed by atoms with Gasteiger partial charge in [-0.25, -0.2) is 9.78 Å². The summed E-state index contributed by atoms with van der Waals surface area (Å²) in [5.74, 6) is 0.288. The number of imidazole rings is 1. The number of aryl methyl sites for hydroxylation is 1. The first-order valence-electron chi connectivity index (χ1n) is 6.24. The van der Waals surface area contributed by atoms with Crippen LogP contribution in [0.25, 0.3) is 11.2 Å². The molecule has 2 aromatic heterocycles. The molecule has 2 aromatic rings. The van der Waals surface area contributed by atoms with Crippen LogP contribution in [0.5, 0.6) is 0 Å². The summed E-state index contributed by atoms with van der Waals surface area (Å²) < 4.78 is 3.95. The van der Waals surface area contributed by atoms with Crippen molar-refractivity contribution in [3.05, 3.63) is 27.2 Å². The standard InChI is InChI=1S/C12H17N5O3S/c1-14(2)5-8(18)21-7-17-6-13-10-9(17)11(19)16(4)12(20)15(10)3/h6H,5,7H2,1-4H3. The van der Waals surface area contributed by atoms with E-state index < -0.39 is 11.2 Å². The number of rotatable bonds is 4. The molecule has 0 saturated heterocycles.